The summed E-state index contributed by atoms with van der Waals surface area (Å²) >= 11 is 0. The lowest BCUT2D eigenvalue weighted by Gasteiger charge is -2.08. The van der Waals surface area contributed by atoms with Gasteiger partial charge >= 0.3 is 0 Å². The van der Waals surface area contributed by atoms with Gasteiger partial charge in [0.05, 0.1) is 28.6 Å². The lowest BCUT2D eigenvalue weighted by molar-refractivity contribution is 0.102. The zero-order valence-corrected chi connectivity index (χ0v) is 14.3. The maximum atomic E-state index is 12.3. The number of para-hydroxylation sites is 2. The summed E-state index contributed by atoms with van der Waals surface area (Å²) in [7, 11) is 0. The van der Waals surface area contributed by atoms with Gasteiger partial charge in [-0.2, -0.15) is 4.98 Å². The molecule has 4 N–H and O–H groups in total. The number of fused-ring (bicyclic) bond motifs is 1. The first-order valence-electron chi connectivity index (χ1n) is 8.36. The third-order valence-electron chi connectivity index (χ3n) is 4.06. The second-order valence-corrected chi connectivity index (χ2v) is 5.96. The second kappa shape index (κ2) is 7.17. The molecule has 0 bridgehead atoms. The molecule has 1 amide bonds. The number of rotatable bonds is 5. The molecule has 0 saturated carbocycles. The number of benzene rings is 2. The van der Waals surface area contributed by atoms with Crippen molar-refractivity contribution in [3.05, 3.63) is 78.1 Å². The Morgan fingerprint density at radius 1 is 1.11 bits per heavy atom. The van der Waals surface area contributed by atoms with Crippen molar-refractivity contribution in [1.29, 1.82) is 0 Å². The van der Waals surface area contributed by atoms with Crippen LogP contribution >= 0.6 is 0 Å². The molecule has 0 fully saturated rings. The molecule has 4 rings (SSSR count). The molecule has 0 unspecified atom stereocenters. The Morgan fingerprint density at radius 3 is 2.70 bits per heavy atom. The molecule has 0 aliphatic rings. The van der Waals surface area contributed by atoms with E-state index in [9.17, 15) is 4.79 Å². The van der Waals surface area contributed by atoms with E-state index in [1.165, 1.54) is 0 Å². The number of nitrogen functional groups attached to an aromatic ring is 1. The number of pyridine rings is 1. The van der Waals surface area contributed by atoms with Gasteiger partial charge in [-0.15, -0.1) is 0 Å². The minimum absolute atomic E-state index is 0.217. The lowest BCUT2D eigenvalue weighted by Crippen LogP contribution is -2.13. The monoisotopic (exact) mass is 359 g/mol. The Bertz CT molecular complexity index is 1060. The van der Waals surface area contributed by atoms with Gasteiger partial charge in [0.15, 0.2) is 0 Å². The number of H-pyrrole nitrogens is 1. The molecule has 2 aromatic carbocycles. The van der Waals surface area contributed by atoms with Gasteiger partial charge in [0, 0.05) is 11.8 Å². The molecule has 7 heteroatoms. The molecule has 4 aromatic rings. The molecule has 0 aliphatic heterocycles. The number of aromatic amines is 1. The van der Waals surface area contributed by atoms with Crippen molar-refractivity contribution in [2.45, 2.75) is 6.61 Å². The average molecular weight is 359 g/mol. The van der Waals surface area contributed by atoms with Crippen LogP contribution in [0.25, 0.3) is 11.0 Å². The van der Waals surface area contributed by atoms with Gasteiger partial charge in [-0.1, -0.05) is 24.3 Å². The summed E-state index contributed by atoms with van der Waals surface area (Å²) < 4.78 is 5.68. The Morgan fingerprint density at radius 2 is 1.93 bits per heavy atom. The van der Waals surface area contributed by atoms with E-state index in [0.717, 1.165) is 16.6 Å². The molecule has 0 radical (unpaired) electrons. The van der Waals surface area contributed by atoms with Gasteiger partial charge in [0.1, 0.15) is 6.61 Å². The predicted octanol–water partition coefficient (Wildman–Crippen LogP) is 3.37. The first-order chi connectivity index (χ1) is 13.2. The summed E-state index contributed by atoms with van der Waals surface area (Å²) in [5.41, 5.74) is 10.0. The third kappa shape index (κ3) is 3.72. The number of hydrogen-bond donors (Lipinski definition) is 3. The van der Waals surface area contributed by atoms with E-state index in [2.05, 4.69) is 20.3 Å². The minimum Gasteiger partial charge on any atom is -0.460 e. The van der Waals surface area contributed by atoms with E-state index < -0.39 is 0 Å². The molecule has 0 atom stereocenters. The molecule has 0 spiro atoms. The Balaban J connectivity index is 1.39. The number of amides is 1. The highest BCUT2D eigenvalue weighted by atomic mass is 16.5. The van der Waals surface area contributed by atoms with Gasteiger partial charge in [-0.05, 0) is 35.9 Å². The second-order valence-electron chi connectivity index (χ2n) is 5.96. The molecule has 134 valence electrons. The van der Waals surface area contributed by atoms with Crippen molar-refractivity contribution in [2.24, 2.45) is 0 Å². The maximum Gasteiger partial charge on any atom is 0.294 e. The quantitative estimate of drug-likeness (QED) is 0.474. The summed E-state index contributed by atoms with van der Waals surface area (Å²) in [6.07, 6.45) is 3.38. The number of anilines is 2. The Hall–Kier alpha value is -3.87. The topological polar surface area (TPSA) is 106 Å². The number of nitrogens with two attached hydrogens (primary N) is 1. The summed E-state index contributed by atoms with van der Waals surface area (Å²) in [4.78, 5) is 23.8. The molecule has 27 heavy (non-hydrogen) atoms. The SMILES string of the molecule is Nc1ccccc1NC(=O)c1ccc(COc2nc3ccncc3[nH]2)cc1. The van der Waals surface area contributed by atoms with Crippen LogP contribution < -0.4 is 15.8 Å². The highest BCUT2D eigenvalue weighted by Crippen LogP contribution is 2.18. The first-order valence-corrected chi connectivity index (χ1v) is 8.36. The predicted molar refractivity (Wildman–Crippen MR) is 103 cm³/mol. The molecule has 2 heterocycles. The zero-order chi connectivity index (χ0) is 18.6. The minimum atomic E-state index is -0.217. The van der Waals surface area contributed by atoms with Crippen molar-refractivity contribution in [2.75, 3.05) is 11.1 Å². The van der Waals surface area contributed by atoms with Crippen molar-refractivity contribution in [1.82, 2.24) is 15.0 Å². The van der Waals surface area contributed by atoms with E-state index >= 15 is 0 Å². The molecule has 0 aliphatic carbocycles. The van der Waals surface area contributed by atoms with Gasteiger partial charge in [0.25, 0.3) is 11.9 Å². The highest BCUT2D eigenvalue weighted by Gasteiger charge is 2.08. The van der Waals surface area contributed by atoms with Gasteiger partial charge in [0.2, 0.25) is 0 Å². The fourth-order valence-corrected chi connectivity index (χ4v) is 2.61. The number of ether oxygens (including phenoxy) is 1. The number of aromatic nitrogens is 3. The van der Waals surface area contributed by atoms with Crippen LogP contribution in [-0.4, -0.2) is 20.9 Å². The first kappa shape index (κ1) is 16.6. The fraction of sp³-hybridized carbons (Fsp3) is 0.0500. The molecular formula is C20H17N5O2. The summed E-state index contributed by atoms with van der Waals surface area (Å²) in [6, 6.07) is 16.6. The van der Waals surface area contributed by atoms with Crippen molar-refractivity contribution in [3.63, 3.8) is 0 Å². The van der Waals surface area contributed by atoms with Crippen molar-refractivity contribution in [3.8, 4) is 6.01 Å². The number of imidazole rings is 1. The summed E-state index contributed by atoms with van der Waals surface area (Å²) in [5.74, 6) is -0.217. The number of hydrogen-bond acceptors (Lipinski definition) is 5. The smallest absolute Gasteiger partial charge is 0.294 e. The molecule has 0 saturated heterocycles. The average Bonchev–Trinajstić information content (AvgIpc) is 3.11. The van der Waals surface area contributed by atoms with E-state index in [-0.39, 0.29) is 5.91 Å². The van der Waals surface area contributed by atoms with Crippen LogP contribution in [0, 0.1) is 0 Å². The highest BCUT2D eigenvalue weighted by molar-refractivity contribution is 6.05. The Kier molecular flexibility index (Phi) is 4.40. The van der Waals surface area contributed by atoms with Gasteiger partial charge < -0.3 is 20.8 Å². The van der Waals surface area contributed by atoms with Crippen LogP contribution in [0.1, 0.15) is 15.9 Å². The number of carbonyl (C=O) groups is 1. The maximum absolute atomic E-state index is 12.3. The standard InChI is InChI=1S/C20H17N5O2/c21-15-3-1-2-4-16(15)23-19(26)14-7-5-13(6-8-14)12-27-20-24-17-9-10-22-11-18(17)25-20/h1-11H,12,21H2,(H,23,26)(H,24,25). The van der Waals surface area contributed by atoms with Gasteiger partial charge in [-0.25, -0.2) is 0 Å². The number of carbonyl (C=O) groups excluding carboxylic acids is 1. The number of nitrogens with zero attached hydrogens (tertiary/aromatic N) is 2. The van der Waals surface area contributed by atoms with Gasteiger partial charge in [-0.3, -0.25) is 9.78 Å². The Labute approximate surface area is 155 Å². The van der Waals surface area contributed by atoms with Crippen LogP contribution in [0.3, 0.4) is 0 Å². The van der Waals surface area contributed by atoms with E-state index in [4.69, 9.17) is 10.5 Å². The van der Waals surface area contributed by atoms with Crippen LogP contribution in [0.5, 0.6) is 6.01 Å². The van der Waals surface area contributed by atoms with Crippen LogP contribution in [0.2, 0.25) is 0 Å². The third-order valence-corrected chi connectivity index (χ3v) is 4.06. The summed E-state index contributed by atoms with van der Waals surface area (Å²) in [6.45, 7) is 0.334. The molecule has 7 nitrogen and oxygen atoms in total. The fourth-order valence-electron chi connectivity index (χ4n) is 2.61. The van der Waals surface area contributed by atoms with E-state index in [1.54, 1.807) is 36.7 Å². The van der Waals surface area contributed by atoms with Crippen molar-refractivity contribution < 1.29 is 9.53 Å². The normalized spacial score (nSPS) is 10.7. The van der Waals surface area contributed by atoms with Crippen LogP contribution in [0.15, 0.2) is 67.0 Å². The van der Waals surface area contributed by atoms with Crippen LogP contribution in [-0.2, 0) is 6.61 Å². The molecular weight excluding hydrogens is 342 g/mol. The lowest BCUT2D eigenvalue weighted by atomic mass is 10.1. The largest absolute Gasteiger partial charge is 0.460 e. The van der Waals surface area contributed by atoms with Crippen molar-refractivity contribution >= 4 is 28.3 Å². The summed E-state index contributed by atoms with van der Waals surface area (Å²) in [5, 5.41) is 2.80. The zero-order valence-electron chi connectivity index (χ0n) is 14.3. The van der Waals surface area contributed by atoms with Crippen LogP contribution in [0.4, 0.5) is 11.4 Å². The van der Waals surface area contributed by atoms with E-state index in [0.29, 0.717) is 29.6 Å². The van der Waals surface area contributed by atoms with E-state index in [1.807, 2.05) is 30.3 Å². The molecule has 2 aromatic heterocycles. The number of nitrogens with one attached hydrogen (secondary N) is 2.